The van der Waals surface area contributed by atoms with Gasteiger partial charge >= 0.3 is 5.97 Å². The zero-order chi connectivity index (χ0) is 10.1. The summed E-state index contributed by atoms with van der Waals surface area (Å²) in [4.78, 5) is 10.3. The molecule has 0 bridgehead atoms. The van der Waals surface area contributed by atoms with Gasteiger partial charge in [-0.25, -0.2) is 0 Å². The summed E-state index contributed by atoms with van der Waals surface area (Å²) in [6.45, 7) is 0. The van der Waals surface area contributed by atoms with Crippen LogP contribution >= 0.6 is 11.8 Å². The highest BCUT2D eigenvalue weighted by Gasteiger charge is 2.09. The second-order valence-electron chi connectivity index (χ2n) is 2.65. The first-order chi connectivity index (χ1) is 6.18. The molecule has 0 rings (SSSR count). The van der Waals surface area contributed by atoms with E-state index in [1.54, 1.807) is 11.8 Å². The average molecular weight is 201 g/mol. The Morgan fingerprint density at radius 1 is 1.62 bits per heavy atom. The fraction of sp³-hybridized carbons (Fsp3) is 0.667. The molecule has 0 aliphatic heterocycles. The lowest BCUT2D eigenvalue weighted by molar-refractivity contribution is -0.138. The van der Waals surface area contributed by atoms with Crippen LogP contribution < -0.4 is 5.73 Å². The number of terminal acetylenes is 1. The van der Waals surface area contributed by atoms with E-state index in [2.05, 4.69) is 5.92 Å². The van der Waals surface area contributed by atoms with E-state index < -0.39 is 12.0 Å². The Hall–Kier alpha value is -0.660. The van der Waals surface area contributed by atoms with Crippen LogP contribution in [0.4, 0.5) is 0 Å². The summed E-state index contributed by atoms with van der Waals surface area (Å²) in [5, 5.41) is 8.46. The van der Waals surface area contributed by atoms with Crippen LogP contribution in [0.5, 0.6) is 0 Å². The average Bonchev–Trinajstić information content (AvgIpc) is 2.10. The first kappa shape index (κ1) is 12.3. The minimum Gasteiger partial charge on any atom is -0.480 e. The number of carboxylic acids is 1. The molecule has 0 aliphatic carbocycles. The molecule has 0 saturated heterocycles. The highest BCUT2D eigenvalue weighted by Crippen LogP contribution is 2.07. The van der Waals surface area contributed by atoms with Crippen LogP contribution in [0, 0.1) is 12.3 Å². The van der Waals surface area contributed by atoms with Crippen molar-refractivity contribution in [3.63, 3.8) is 0 Å². The summed E-state index contributed by atoms with van der Waals surface area (Å²) in [5.74, 6) is 3.40. The topological polar surface area (TPSA) is 63.3 Å². The van der Waals surface area contributed by atoms with Gasteiger partial charge < -0.3 is 10.8 Å². The lowest BCUT2D eigenvalue weighted by Gasteiger charge is -2.04. The summed E-state index contributed by atoms with van der Waals surface area (Å²) < 4.78 is 0. The number of unbranched alkanes of at least 4 members (excludes halogenated alkanes) is 1. The zero-order valence-electron chi connectivity index (χ0n) is 7.53. The molecule has 0 spiro atoms. The van der Waals surface area contributed by atoms with Gasteiger partial charge in [-0.05, 0) is 24.3 Å². The van der Waals surface area contributed by atoms with Crippen LogP contribution in [0.3, 0.4) is 0 Å². The molecule has 0 aliphatic rings. The molecular formula is C9H15NO2S. The molecule has 0 aromatic rings. The number of carbonyl (C=O) groups is 1. The number of rotatable bonds is 7. The van der Waals surface area contributed by atoms with Gasteiger partial charge in [0.05, 0.1) is 0 Å². The Bertz CT molecular complexity index is 189. The summed E-state index contributed by atoms with van der Waals surface area (Å²) in [5.41, 5.74) is 5.31. The quantitative estimate of drug-likeness (QED) is 0.475. The molecule has 0 aromatic carbocycles. The Balaban J connectivity index is 3.17. The Morgan fingerprint density at radius 3 is 2.85 bits per heavy atom. The van der Waals surface area contributed by atoms with E-state index in [0.717, 1.165) is 24.3 Å². The van der Waals surface area contributed by atoms with Crippen molar-refractivity contribution in [2.75, 3.05) is 11.5 Å². The zero-order valence-corrected chi connectivity index (χ0v) is 8.35. The molecule has 4 heteroatoms. The van der Waals surface area contributed by atoms with Crippen molar-refractivity contribution in [2.24, 2.45) is 5.73 Å². The predicted molar refractivity (Wildman–Crippen MR) is 55.6 cm³/mol. The monoisotopic (exact) mass is 201 g/mol. The van der Waals surface area contributed by atoms with E-state index in [1.807, 2.05) is 0 Å². The lowest BCUT2D eigenvalue weighted by Crippen LogP contribution is -2.30. The fourth-order valence-electron chi connectivity index (χ4n) is 0.712. The van der Waals surface area contributed by atoms with Crippen molar-refractivity contribution in [3.05, 3.63) is 0 Å². The normalized spacial score (nSPS) is 12.0. The Kier molecular flexibility index (Phi) is 7.56. The van der Waals surface area contributed by atoms with E-state index in [0.29, 0.717) is 6.42 Å². The van der Waals surface area contributed by atoms with Crippen LogP contribution in [-0.2, 0) is 4.79 Å². The lowest BCUT2D eigenvalue weighted by atomic mass is 10.2. The summed E-state index contributed by atoms with van der Waals surface area (Å²) >= 11 is 1.70. The van der Waals surface area contributed by atoms with Gasteiger partial charge in [0.2, 0.25) is 0 Å². The second kappa shape index (κ2) is 7.96. The molecule has 0 heterocycles. The maximum absolute atomic E-state index is 10.3. The number of aliphatic carboxylic acids is 1. The smallest absolute Gasteiger partial charge is 0.320 e. The van der Waals surface area contributed by atoms with E-state index in [1.165, 1.54) is 0 Å². The van der Waals surface area contributed by atoms with Crippen molar-refractivity contribution in [1.82, 2.24) is 0 Å². The molecule has 0 fully saturated rings. The SMILES string of the molecule is C#CCCCSCCC(N)C(=O)O. The molecule has 1 unspecified atom stereocenters. The first-order valence-electron chi connectivity index (χ1n) is 4.18. The molecule has 0 aromatic heterocycles. The minimum absolute atomic E-state index is 0.524. The first-order valence-corrected chi connectivity index (χ1v) is 5.33. The van der Waals surface area contributed by atoms with Gasteiger partial charge in [0.1, 0.15) is 6.04 Å². The number of nitrogens with two attached hydrogens (primary N) is 1. The molecule has 1 atom stereocenters. The van der Waals surface area contributed by atoms with Crippen molar-refractivity contribution < 1.29 is 9.90 Å². The van der Waals surface area contributed by atoms with Gasteiger partial charge in [0, 0.05) is 6.42 Å². The highest BCUT2D eigenvalue weighted by molar-refractivity contribution is 7.99. The standard InChI is InChI=1S/C9H15NO2S/c1-2-3-4-6-13-7-5-8(10)9(11)12/h1,8H,3-7,10H2,(H,11,12). The molecule has 3 N–H and O–H groups in total. The minimum atomic E-state index is -0.927. The summed E-state index contributed by atoms with van der Waals surface area (Å²) in [6, 6.07) is -0.722. The maximum atomic E-state index is 10.3. The van der Waals surface area contributed by atoms with E-state index >= 15 is 0 Å². The predicted octanol–water partition coefficient (Wildman–Crippen LogP) is 0.935. The third kappa shape index (κ3) is 7.69. The van der Waals surface area contributed by atoms with E-state index in [9.17, 15) is 4.79 Å². The maximum Gasteiger partial charge on any atom is 0.320 e. The van der Waals surface area contributed by atoms with Gasteiger partial charge in [-0.3, -0.25) is 4.79 Å². The third-order valence-electron chi connectivity index (χ3n) is 1.50. The number of hydrogen-bond donors (Lipinski definition) is 2. The molecule has 13 heavy (non-hydrogen) atoms. The van der Waals surface area contributed by atoms with Crippen molar-refractivity contribution >= 4 is 17.7 Å². The largest absolute Gasteiger partial charge is 0.480 e. The molecule has 0 amide bonds. The van der Waals surface area contributed by atoms with Gasteiger partial charge in [-0.15, -0.1) is 12.3 Å². The number of thioether (sulfide) groups is 1. The second-order valence-corrected chi connectivity index (χ2v) is 3.88. The fourth-order valence-corrected chi connectivity index (χ4v) is 1.69. The molecule has 3 nitrogen and oxygen atoms in total. The number of carboxylic acid groups (broad SMARTS) is 1. The summed E-state index contributed by atoms with van der Waals surface area (Å²) in [7, 11) is 0. The van der Waals surface area contributed by atoms with Crippen LogP contribution in [-0.4, -0.2) is 28.6 Å². The van der Waals surface area contributed by atoms with Gasteiger partial charge in [0.25, 0.3) is 0 Å². The number of hydrogen-bond acceptors (Lipinski definition) is 3. The van der Waals surface area contributed by atoms with Crippen LogP contribution in [0.1, 0.15) is 19.3 Å². The third-order valence-corrected chi connectivity index (χ3v) is 2.60. The Labute approximate surface area is 83.1 Å². The van der Waals surface area contributed by atoms with Crippen LogP contribution in [0.2, 0.25) is 0 Å². The van der Waals surface area contributed by atoms with Crippen LogP contribution in [0.15, 0.2) is 0 Å². The summed E-state index contributed by atoms with van der Waals surface area (Å²) in [6.07, 6.45) is 7.38. The molecular weight excluding hydrogens is 186 g/mol. The van der Waals surface area contributed by atoms with Crippen molar-refractivity contribution in [1.29, 1.82) is 0 Å². The van der Waals surface area contributed by atoms with E-state index in [4.69, 9.17) is 17.3 Å². The van der Waals surface area contributed by atoms with Crippen LogP contribution in [0.25, 0.3) is 0 Å². The highest BCUT2D eigenvalue weighted by atomic mass is 32.2. The van der Waals surface area contributed by atoms with E-state index in [-0.39, 0.29) is 0 Å². The van der Waals surface area contributed by atoms with Gasteiger partial charge in [0.15, 0.2) is 0 Å². The van der Waals surface area contributed by atoms with Crippen molar-refractivity contribution in [3.8, 4) is 12.3 Å². The van der Waals surface area contributed by atoms with Gasteiger partial charge in [-0.1, -0.05) is 0 Å². The Morgan fingerprint density at radius 2 is 2.31 bits per heavy atom. The molecule has 74 valence electrons. The molecule has 0 radical (unpaired) electrons. The van der Waals surface area contributed by atoms with Crippen molar-refractivity contribution in [2.45, 2.75) is 25.3 Å². The molecule has 0 saturated carbocycles. The van der Waals surface area contributed by atoms with Gasteiger partial charge in [-0.2, -0.15) is 11.8 Å².